The maximum Gasteiger partial charge on any atom is 0.255 e. The molecule has 0 aliphatic carbocycles. The largest absolute Gasteiger partial charge is 0.339 e. The van der Waals surface area contributed by atoms with Crippen LogP contribution in [0.25, 0.3) is 11.5 Å². The number of amides is 1. The van der Waals surface area contributed by atoms with Gasteiger partial charge >= 0.3 is 0 Å². The first-order chi connectivity index (χ1) is 13.2. The lowest BCUT2D eigenvalue weighted by Gasteiger charge is -2.31. The maximum atomic E-state index is 12.5. The molecule has 0 radical (unpaired) electrons. The van der Waals surface area contributed by atoms with E-state index in [0.717, 1.165) is 18.5 Å². The van der Waals surface area contributed by atoms with Crippen molar-refractivity contribution >= 4 is 5.91 Å². The summed E-state index contributed by atoms with van der Waals surface area (Å²) in [6, 6.07) is 5.06. The van der Waals surface area contributed by atoms with E-state index in [4.69, 9.17) is 0 Å². The monoisotopic (exact) mass is 362 g/mol. The summed E-state index contributed by atoms with van der Waals surface area (Å²) in [4.78, 5) is 45.9. The number of piperidine rings is 1. The summed E-state index contributed by atoms with van der Waals surface area (Å²) in [6.07, 6.45) is 9.43. The lowest BCUT2D eigenvalue weighted by atomic mass is 9.93. The van der Waals surface area contributed by atoms with Gasteiger partial charge in [0.05, 0.1) is 17.5 Å². The van der Waals surface area contributed by atoms with Gasteiger partial charge < -0.3 is 9.88 Å². The second kappa shape index (κ2) is 7.45. The molecule has 0 unspecified atom stereocenters. The summed E-state index contributed by atoms with van der Waals surface area (Å²) in [5, 5.41) is 0. The van der Waals surface area contributed by atoms with E-state index < -0.39 is 0 Å². The Morgan fingerprint density at radius 3 is 2.63 bits per heavy atom. The minimum Gasteiger partial charge on any atom is -0.339 e. The standard InChI is InChI=1S/C19H18N6O2/c26-17-10-15(23-18(24-17)16-12-21-6-7-22-16)13-3-8-25(9-4-13)19(27)14-2-1-5-20-11-14/h1-2,5-7,10-13H,3-4,8-9H2,(H,23,24,26). The fourth-order valence-electron chi connectivity index (χ4n) is 3.28. The second-order valence-corrected chi connectivity index (χ2v) is 6.42. The Hall–Kier alpha value is -3.42. The number of aromatic amines is 1. The SMILES string of the molecule is O=C(c1cccnc1)N1CCC(c2cc(=O)[nH]c(-c3cnccn3)n2)CC1. The van der Waals surface area contributed by atoms with E-state index in [0.29, 0.717) is 30.2 Å². The summed E-state index contributed by atoms with van der Waals surface area (Å²) < 4.78 is 0. The van der Waals surface area contributed by atoms with Gasteiger partial charge in [0.2, 0.25) is 0 Å². The molecule has 8 heteroatoms. The molecule has 0 atom stereocenters. The summed E-state index contributed by atoms with van der Waals surface area (Å²) in [5.41, 5.74) is 1.64. The van der Waals surface area contributed by atoms with Crippen molar-refractivity contribution in [3.8, 4) is 11.5 Å². The Labute approximate surface area is 155 Å². The van der Waals surface area contributed by atoms with E-state index in [2.05, 4.69) is 24.9 Å². The highest BCUT2D eigenvalue weighted by molar-refractivity contribution is 5.93. The quantitative estimate of drug-likeness (QED) is 0.759. The number of likely N-dealkylation sites (tertiary alicyclic amines) is 1. The van der Waals surface area contributed by atoms with Crippen molar-refractivity contribution < 1.29 is 4.79 Å². The van der Waals surface area contributed by atoms with Crippen molar-refractivity contribution in [2.24, 2.45) is 0 Å². The number of pyridine rings is 1. The Morgan fingerprint density at radius 1 is 1.11 bits per heavy atom. The number of hydrogen-bond donors (Lipinski definition) is 1. The number of H-pyrrole nitrogens is 1. The summed E-state index contributed by atoms with van der Waals surface area (Å²) in [5.74, 6) is 0.529. The van der Waals surface area contributed by atoms with Crippen molar-refractivity contribution in [1.82, 2.24) is 29.8 Å². The predicted molar refractivity (Wildman–Crippen MR) is 98.0 cm³/mol. The van der Waals surface area contributed by atoms with Gasteiger partial charge in [0.1, 0.15) is 5.69 Å². The van der Waals surface area contributed by atoms with Crippen molar-refractivity contribution in [3.05, 3.63) is 70.8 Å². The number of carbonyl (C=O) groups excluding carboxylic acids is 1. The zero-order chi connectivity index (χ0) is 18.6. The molecule has 1 aliphatic heterocycles. The van der Waals surface area contributed by atoms with Crippen LogP contribution in [-0.4, -0.2) is 48.8 Å². The van der Waals surface area contributed by atoms with Crippen LogP contribution >= 0.6 is 0 Å². The average Bonchev–Trinajstić information content (AvgIpc) is 2.74. The molecule has 4 rings (SSSR count). The number of aromatic nitrogens is 5. The van der Waals surface area contributed by atoms with Crippen LogP contribution in [0.5, 0.6) is 0 Å². The highest BCUT2D eigenvalue weighted by atomic mass is 16.2. The zero-order valence-corrected chi connectivity index (χ0v) is 14.6. The van der Waals surface area contributed by atoms with Gasteiger partial charge in [-0.05, 0) is 25.0 Å². The molecule has 1 fully saturated rings. The van der Waals surface area contributed by atoms with Gasteiger partial charge in [-0.15, -0.1) is 0 Å². The second-order valence-electron chi connectivity index (χ2n) is 6.42. The Bertz CT molecular complexity index is 982. The number of hydrogen-bond acceptors (Lipinski definition) is 6. The molecule has 1 N–H and O–H groups in total. The molecule has 1 amide bonds. The molecule has 4 heterocycles. The third kappa shape index (κ3) is 3.74. The molecule has 0 aromatic carbocycles. The van der Waals surface area contributed by atoms with Crippen LogP contribution in [0.15, 0.2) is 54.0 Å². The van der Waals surface area contributed by atoms with Crippen molar-refractivity contribution in [2.45, 2.75) is 18.8 Å². The van der Waals surface area contributed by atoms with Crippen LogP contribution in [-0.2, 0) is 0 Å². The Balaban J connectivity index is 1.49. The van der Waals surface area contributed by atoms with Gasteiger partial charge in [0.25, 0.3) is 11.5 Å². The molecule has 1 saturated heterocycles. The third-order valence-electron chi connectivity index (χ3n) is 4.68. The van der Waals surface area contributed by atoms with E-state index >= 15 is 0 Å². The van der Waals surface area contributed by atoms with Crippen molar-refractivity contribution in [3.63, 3.8) is 0 Å². The predicted octanol–water partition coefficient (Wildman–Crippen LogP) is 1.64. The normalized spacial score (nSPS) is 14.9. The topological polar surface area (TPSA) is 105 Å². The van der Waals surface area contributed by atoms with Gasteiger partial charge in [0, 0.05) is 49.9 Å². The number of nitrogens with one attached hydrogen (secondary N) is 1. The number of rotatable bonds is 3. The first kappa shape index (κ1) is 17.0. The van der Waals surface area contributed by atoms with Gasteiger partial charge in [-0.3, -0.25) is 19.6 Å². The van der Waals surface area contributed by atoms with Gasteiger partial charge in [-0.2, -0.15) is 0 Å². The summed E-state index contributed by atoms with van der Waals surface area (Å²) >= 11 is 0. The first-order valence-corrected chi connectivity index (χ1v) is 8.77. The molecular weight excluding hydrogens is 344 g/mol. The molecule has 0 saturated carbocycles. The summed E-state index contributed by atoms with van der Waals surface area (Å²) in [7, 11) is 0. The lowest BCUT2D eigenvalue weighted by molar-refractivity contribution is 0.0711. The third-order valence-corrected chi connectivity index (χ3v) is 4.68. The van der Waals surface area contributed by atoms with Crippen molar-refractivity contribution in [2.75, 3.05) is 13.1 Å². The van der Waals surface area contributed by atoms with E-state index in [1.54, 1.807) is 43.1 Å². The number of nitrogens with zero attached hydrogens (tertiary/aromatic N) is 5. The smallest absolute Gasteiger partial charge is 0.255 e. The van der Waals surface area contributed by atoms with Crippen molar-refractivity contribution in [1.29, 1.82) is 0 Å². The fraction of sp³-hybridized carbons (Fsp3) is 0.263. The van der Waals surface area contributed by atoms with E-state index in [-0.39, 0.29) is 17.4 Å². The van der Waals surface area contributed by atoms with Crippen LogP contribution in [0.3, 0.4) is 0 Å². The molecule has 8 nitrogen and oxygen atoms in total. The molecule has 0 spiro atoms. The molecule has 1 aliphatic rings. The highest BCUT2D eigenvalue weighted by Crippen LogP contribution is 2.27. The van der Waals surface area contributed by atoms with Crippen LogP contribution in [0, 0.1) is 0 Å². The molecule has 3 aromatic heterocycles. The lowest BCUT2D eigenvalue weighted by Crippen LogP contribution is -2.38. The van der Waals surface area contributed by atoms with Crippen LogP contribution in [0.2, 0.25) is 0 Å². The molecular formula is C19H18N6O2. The summed E-state index contributed by atoms with van der Waals surface area (Å²) in [6.45, 7) is 1.24. The van der Waals surface area contributed by atoms with E-state index in [1.807, 2.05) is 4.90 Å². The Kier molecular flexibility index (Phi) is 4.69. The highest BCUT2D eigenvalue weighted by Gasteiger charge is 2.26. The van der Waals surface area contributed by atoms with E-state index in [1.165, 1.54) is 6.07 Å². The minimum atomic E-state index is -0.213. The number of carbonyl (C=O) groups is 1. The molecule has 3 aromatic rings. The zero-order valence-electron chi connectivity index (χ0n) is 14.6. The molecule has 136 valence electrons. The maximum absolute atomic E-state index is 12.5. The van der Waals surface area contributed by atoms with E-state index in [9.17, 15) is 9.59 Å². The Morgan fingerprint density at radius 2 is 1.93 bits per heavy atom. The fourth-order valence-corrected chi connectivity index (χ4v) is 3.28. The molecule has 0 bridgehead atoms. The van der Waals surface area contributed by atoms with Crippen LogP contribution in [0.4, 0.5) is 0 Å². The van der Waals surface area contributed by atoms with Crippen LogP contribution in [0.1, 0.15) is 34.8 Å². The average molecular weight is 362 g/mol. The first-order valence-electron chi connectivity index (χ1n) is 8.77. The van der Waals surface area contributed by atoms with Crippen LogP contribution < -0.4 is 5.56 Å². The van der Waals surface area contributed by atoms with Gasteiger partial charge in [-0.25, -0.2) is 9.97 Å². The van der Waals surface area contributed by atoms with Gasteiger partial charge in [-0.1, -0.05) is 0 Å². The van der Waals surface area contributed by atoms with Gasteiger partial charge in [0.15, 0.2) is 5.82 Å². The minimum absolute atomic E-state index is 0.0133. The molecule has 27 heavy (non-hydrogen) atoms.